The second-order valence-corrected chi connectivity index (χ2v) is 9.02. The van der Waals surface area contributed by atoms with Gasteiger partial charge in [-0.3, -0.25) is 0 Å². The van der Waals surface area contributed by atoms with E-state index in [1.54, 1.807) is 48.5 Å². The first-order valence-electron chi connectivity index (χ1n) is 10.9. The molecule has 2 aromatic rings. The molecule has 0 amide bonds. The molecule has 2 fully saturated rings. The van der Waals surface area contributed by atoms with Crippen molar-refractivity contribution in [2.75, 3.05) is 18.0 Å². The van der Waals surface area contributed by atoms with Crippen LogP contribution in [-0.2, 0) is 0 Å². The summed E-state index contributed by atoms with van der Waals surface area (Å²) in [6, 6.07) is 15.2. The average molecular weight is 473 g/mol. The Morgan fingerprint density at radius 3 is 2.24 bits per heavy atom. The van der Waals surface area contributed by atoms with Crippen molar-refractivity contribution in [3.05, 3.63) is 54.6 Å². The lowest BCUT2D eigenvalue weighted by Gasteiger charge is -2.36. The molecular weight excluding hydrogens is 448 g/mol. The van der Waals surface area contributed by atoms with Gasteiger partial charge in [0.15, 0.2) is 6.10 Å². The molecule has 1 N–H and O–H groups in total. The highest BCUT2D eigenvalue weighted by Crippen LogP contribution is 2.57. The minimum Gasteiger partial charge on any atom is -0.457 e. The highest BCUT2D eigenvalue weighted by atomic mass is 19.4. The molecule has 2 aliphatic rings. The van der Waals surface area contributed by atoms with E-state index in [9.17, 15) is 31.4 Å². The number of nitrogens with zero attached hydrogens (tertiary/aromatic N) is 1. The predicted octanol–water partition coefficient (Wildman–Crippen LogP) is 6.43. The summed E-state index contributed by atoms with van der Waals surface area (Å²) < 4.78 is 85.5. The summed E-state index contributed by atoms with van der Waals surface area (Å²) in [5.74, 6) is -1.56. The Bertz CT molecular complexity index is 933. The van der Waals surface area contributed by atoms with Crippen LogP contribution in [0.1, 0.15) is 19.3 Å². The first kappa shape index (κ1) is 23.7. The fourth-order valence-corrected chi connectivity index (χ4v) is 5.33. The van der Waals surface area contributed by atoms with E-state index in [-0.39, 0.29) is 18.9 Å². The second-order valence-electron chi connectivity index (χ2n) is 9.02. The minimum absolute atomic E-state index is 0.00960. The van der Waals surface area contributed by atoms with Crippen molar-refractivity contribution in [1.29, 1.82) is 0 Å². The van der Waals surface area contributed by atoms with Crippen LogP contribution in [-0.4, -0.2) is 36.7 Å². The van der Waals surface area contributed by atoms with Gasteiger partial charge < -0.3 is 14.7 Å². The number of fused-ring (bicyclic) bond motifs is 2. The second kappa shape index (κ2) is 9.08. The standard InChI is InChI=1S/C24H25F6NO2/c25-23(26,27)21-11-15-9-16(20(21)10-15)13-31(14-22(32)24(28,29)30)17-5-4-8-19(12-17)33-18-6-2-1-3-7-18/h1-8,12,15-16,20-22,32H,9-11,13-14H2. The topological polar surface area (TPSA) is 32.7 Å². The SMILES string of the molecule is OC(CN(CC1CC2CC1C(C(F)(F)F)C2)c1cccc(Oc2ccccc2)c1)C(F)(F)F. The molecule has 9 heteroatoms. The van der Waals surface area contributed by atoms with Crippen LogP contribution in [0.4, 0.5) is 32.0 Å². The molecule has 3 nitrogen and oxygen atoms in total. The lowest BCUT2D eigenvalue weighted by Crippen LogP contribution is -2.45. The zero-order valence-corrected chi connectivity index (χ0v) is 17.7. The first-order valence-corrected chi connectivity index (χ1v) is 10.9. The minimum atomic E-state index is -4.83. The van der Waals surface area contributed by atoms with Crippen molar-refractivity contribution in [2.45, 2.75) is 37.7 Å². The van der Waals surface area contributed by atoms with Crippen LogP contribution in [0.25, 0.3) is 0 Å². The maximum absolute atomic E-state index is 13.5. The molecular formula is C24H25F6NO2. The molecule has 5 atom stereocenters. The Balaban J connectivity index is 1.56. The van der Waals surface area contributed by atoms with Crippen molar-refractivity contribution >= 4 is 5.69 Å². The van der Waals surface area contributed by atoms with Gasteiger partial charge in [0, 0.05) is 18.3 Å². The van der Waals surface area contributed by atoms with Crippen molar-refractivity contribution < 1.29 is 36.2 Å². The molecule has 2 aromatic carbocycles. The number of ether oxygens (including phenoxy) is 1. The molecule has 180 valence electrons. The highest BCUT2D eigenvalue weighted by Gasteiger charge is 2.56. The zero-order valence-electron chi connectivity index (χ0n) is 17.7. The molecule has 4 rings (SSSR count). The van der Waals surface area contributed by atoms with Gasteiger partial charge in [-0.25, -0.2) is 0 Å². The van der Waals surface area contributed by atoms with E-state index in [2.05, 4.69) is 0 Å². The zero-order chi connectivity index (χ0) is 23.8. The van der Waals surface area contributed by atoms with Crippen LogP contribution >= 0.6 is 0 Å². The van der Waals surface area contributed by atoms with E-state index >= 15 is 0 Å². The number of alkyl halides is 6. The van der Waals surface area contributed by atoms with Crippen LogP contribution < -0.4 is 9.64 Å². The molecule has 5 unspecified atom stereocenters. The maximum atomic E-state index is 13.5. The Labute approximate surface area is 188 Å². The molecule has 0 aromatic heterocycles. The van der Waals surface area contributed by atoms with Crippen LogP contribution in [0.5, 0.6) is 11.5 Å². The maximum Gasteiger partial charge on any atom is 0.416 e. The number of aliphatic hydroxyl groups excluding tert-OH is 1. The van der Waals surface area contributed by atoms with E-state index < -0.39 is 42.8 Å². The van der Waals surface area contributed by atoms with Gasteiger partial charge in [0.1, 0.15) is 11.5 Å². The van der Waals surface area contributed by atoms with Gasteiger partial charge in [0.05, 0.1) is 12.5 Å². The first-order chi connectivity index (χ1) is 15.5. The monoisotopic (exact) mass is 473 g/mol. The number of benzene rings is 2. The van der Waals surface area contributed by atoms with Gasteiger partial charge >= 0.3 is 12.4 Å². The van der Waals surface area contributed by atoms with E-state index in [0.717, 1.165) is 0 Å². The lowest BCUT2D eigenvalue weighted by molar-refractivity contribution is -0.200. The molecule has 2 aliphatic carbocycles. The largest absolute Gasteiger partial charge is 0.457 e. The lowest BCUT2D eigenvalue weighted by atomic mass is 9.80. The third kappa shape index (κ3) is 5.57. The summed E-state index contributed by atoms with van der Waals surface area (Å²) in [5.41, 5.74) is 0.359. The normalized spacial score (nSPS) is 25.8. The van der Waals surface area contributed by atoms with Gasteiger partial charge in [-0.2, -0.15) is 26.3 Å². The smallest absolute Gasteiger partial charge is 0.416 e. The predicted molar refractivity (Wildman–Crippen MR) is 111 cm³/mol. The molecule has 33 heavy (non-hydrogen) atoms. The third-order valence-electron chi connectivity index (χ3n) is 6.76. The number of hydrogen-bond donors (Lipinski definition) is 1. The Hall–Kier alpha value is -2.42. The molecule has 0 saturated heterocycles. The number of aliphatic hydroxyl groups is 1. The van der Waals surface area contributed by atoms with E-state index in [4.69, 9.17) is 4.74 Å². The van der Waals surface area contributed by atoms with Crippen molar-refractivity contribution in [1.82, 2.24) is 0 Å². The highest BCUT2D eigenvalue weighted by molar-refractivity contribution is 5.52. The number of anilines is 1. The Kier molecular flexibility index (Phi) is 6.53. The van der Waals surface area contributed by atoms with E-state index in [0.29, 0.717) is 30.0 Å². The number of halogens is 6. The summed E-state index contributed by atoms with van der Waals surface area (Å²) in [6.45, 7) is -0.751. The van der Waals surface area contributed by atoms with Crippen LogP contribution in [0.3, 0.4) is 0 Å². The number of para-hydroxylation sites is 1. The van der Waals surface area contributed by atoms with Crippen molar-refractivity contribution in [3.63, 3.8) is 0 Å². The summed E-state index contributed by atoms with van der Waals surface area (Å²) >= 11 is 0. The van der Waals surface area contributed by atoms with Gasteiger partial charge in [0.2, 0.25) is 0 Å². The Morgan fingerprint density at radius 1 is 0.909 bits per heavy atom. The molecule has 0 aliphatic heterocycles. The van der Waals surface area contributed by atoms with Gasteiger partial charge in [-0.15, -0.1) is 0 Å². The van der Waals surface area contributed by atoms with E-state index in [1.165, 1.54) is 4.90 Å². The Morgan fingerprint density at radius 2 is 1.61 bits per heavy atom. The number of rotatable bonds is 7. The van der Waals surface area contributed by atoms with Crippen LogP contribution in [0, 0.1) is 23.7 Å². The summed E-state index contributed by atoms with van der Waals surface area (Å²) in [5, 5.41) is 9.73. The van der Waals surface area contributed by atoms with E-state index in [1.807, 2.05) is 6.07 Å². The summed E-state index contributed by atoms with van der Waals surface area (Å²) in [7, 11) is 0. The molecule has 2 bridgehead atoms. The van der Waals surface area contributed by atoms with Gasteiger partial charge in [-0.1, -0.05) is 24.3 Å². The van der Waals surface area contributed by atoms with Crippen LogP contribution in [0.15, 0.2) is 54.6 Å². The third-order valence-corrected chi connectivity index (χ3v) is 6.76. The summed E-state index contributed by atoms with van der Waals surface area (Å²) in [6.07, 6.45) is -10.7. The molecule has 0 heterocycles. The number of hydrogen-bond acceptors (Lipinski definition) is 3. The molecule has 0 radical (unpaired) electrons. The van der Waals surface area contributed by atoms with Crippen molar-refractivity contribution in [3.8, 4) is 11.5 Å². The quantitative estimate of drug-likeness (QED) is 0.470. The van der Waals surface area contributed by atoms with Gasteiger partial charge in [0.25, 0.3) is 0 Å². The molecule has 0 spiro atoms. The average Bonchev–Trinajstić information content (AvgIpc) is 3.34. The fraction of sp³-hybridized carbons (Fsp3) is 0.500. The van der Waals surface area contributed by atoms with Crippen molar-refractivity contribution in [2.24, 2.45) is 23.7 Å². The molecule has 2 saturated carbocycles. The van der Waals surface area contributed by atoms with Crippen LogP contribution in [0.2, 0.25) is 0 Å². The summed E-state index contributed by atoms with van der Waals surface area (Å²) in [4.78, 5) is 1.34. The van der Waals surface area contributed by atoms with Gasteiger partial charge in [-0.05, 0) is 61.3 Å². The fourth-order valence-electron chi connectivity index (χ4n) is 5.33.